The van der Waals surface area contributed by atoms with Gasteiger partial charge in [0.2, 0.25) is 11.5 Å². The van der Waals surface area contributed by atoms with Crippen molar-refractivity contribution < 1.29 is 9.32 Å². The van der Waals surface area contributed by atoms with Crippen molar-refractivity contribution in [2.75, 3.05) is 12.4 Å². The number of halogens is 1. The predicted molar refractivity (Wildman–Crippen MR) is 84.9 cm³/mol. The van der Waals surface area contributed by atoms with Gasteiger partial charge in [0.15, 0.2) is 0 Å². The molecule has 1 aromatic heterocycles. The van der Waals surface area contributed by atoms with Gasteiger partial charge in [0.05, 0.1) is 12.4 Å². The predicted octanol–water partition coefficient (Wildman–Crippen LogP) is 3.58. The van der Waals surface area contributed by atoms with Crippen molar-refractivity contribution in [1.82, 2.24) is 10.1 Å². The van der Waals surface area contributed by atoms with Crippen LogP contribution in [0, 0.1) is 0 Å². The zero-order chi connectivity index (χ0) is 13.1. The van der Waals surface area contributed by atoms with Gasteiger partial charge < -0.3 is 9.42 Å². The van der Waals surface area contributed by atoms with E-state index in [0.29, 0.717) is 18.0 Å². The summed E-state index contributed by atoms with van der Waals surface area (Å²) in [6, 6.07) is 11.4. The van der Waals surface area contributed by atoms with E-state index in [1.807, 2.05) is 46.8 Å². The van der Waals surface area contributed by atoms with E-state index in [2.05, 4.69) is 5.16 Å². The average molecular weight is 353 g/mol. The van der Waals surface area contributed by atoms with Crippen molar-refractivity contribution in [1.29, 1.82) is 0 Å². The van der Waals surface area contributed by atoms with E-state index >= 15 is 0 Å². The van der Waals surface area contributed by atoms with Crippen LogP contribution in [-0.2, 0) is 0 Å². The van der Waals surface area contributed by atoms with Crippen molar-refractivity contribution in [3.8, 4) is 11.3 Å². The minimum Gasteiger partial charge on any atom is -0.360 e. The molecule has 0 amide bonds. The molecule has 3 rings (SSSR count). The second kappa shape index (κ2) is 6.76. The number of carbonyl (C=O) groups is 1. The molecule has 0 spiro atoms. The third-order valence-corrected chi connectivity index (χ3v) is 3.60. The molecule has 0 radical (unpaired) electrons. The van der Waals surface area contributed by atoms with Gasteiger partial charge in [0.1, 0.15) is 5.69 Å². The van der Waals surface area contributed by atoms with Crippen molar-refractivity contribution in [3.05, 3.63) is 53.8 Å². The number of hydrogen-bond donors (Lipinski definition) is 0. The molecule has 0 fully saturated rings. The Kier molecular flexibility index (Phi) is 5.03. The van der Waals surface area contributed by atoms with E-state index in [4.69, 9.17) is 4.52 Å². The number of nitrogens with zero attached hydrogens (tertiary/aromatic N) is 2. The van der Waals surface area contributed by atoms with E-state index in [0.717, 1.165) is 11.4 Å². The molecule has 0 unspecified atom stereocenters. The highest BCUT2D eigenvalue weighted by Crippen LogP contribution is 2.20. The largest absolute Gasteiger partial charge is 0.360 e. The van der Waals surface area contributed by atoms with Crippen LogP contribution in [0.2, 0.25) is 0 Å². The molecule has 1 aliphatic heterocycles. The molecule has 2 heterocycles. The number of aromatic nitrogens is 1. The van der Waals surface area contributed by atoms with E-state index in [9.17, 15) is 4.79 Å². The van der Waals surface area contributed by atoms with Crippen LogP contribution < -0.4 is 0 Å². The van der Waals surface area contributed by atoms with Crippen LogP contribution in [0.15, 0.2) is 52.5 Å². The smallest absolute Gasteiger partial charge is 0.220 e. The molecule has 1 aliphatic rings. The molecule has 104 valence electrons. The topological polar surface area (TPSA) is 46.3 Å². The Morgan fingerprint density at radius 1 is 1.35 bits per heavy atom. The van der Waals surface area contributed by atoms with E-state index < -0.39 is 0 Å². The molecule has 0 N–H and O–H groups in total. The summed E-state index contributed by atoms with van der Waals surface area (Å²) in [7, 11) is 0. The first-order chi connectivity index (χ1) is 9.33. The van der Waals surface area contributed by atoms with Crippen molar-refractivity contribution in [3.63, 3.8) is 0 Å². The minimum atomic E-state index is -0.0539. The molecule has 1 aromatic carbocycles. The number of hydrogen-bond acceptors (Lipinski definition) is 5. The lowest BCUT2D eigenvalue weighted by Gasteiger charge is -2.11. The maximum absolute atomic E-state index is 12.0. The lowest BCUT2D eigenvalue weighted by molar-refractivity contribution is 0.0927. The summed E-state index contributed by atoms with van der Waals surface area (Å²) in [4.78, 5) is 14.0. The number of benzene rings is 1. The molecule has 2 aromatic rings. The molecule has 6 heteroatoms. The number of ketones is 1. The minimum absolute atomic E-state index is 0. The molecule has 0 saturated carbocycles. The highest BCUT2D eigenvalue weighted by atomic mass is 79.9. The summed E-state index contributed by atoms with van der Waals surface area (Å²) in [5.41, 5.74) is 1.64. The number of rotatable bonds is 4. The van der Waals surface area contributed by atoms with E-state index in [1.165, 1.54) is 0 Å². The Morgan fingerprint density at radius 2 is 2.15 bits per heavy atom. The fraction of sp³-hybridized carbons (Fsp3) is 0.143. The molecule has 0 saturated heterocycles. The van der Waals surface area contributed by atoms with Gasteiger partial charge in [0.25, 0.3) is 0 Å². The third-order valence-electron chi connectivity index (χ3n) is 2.81. The van der Waals surface area contributed by atoms with Crippen LogP contribution in [0.25, 0.3) is 11.3 Å². The van der Waals surface area contributed by atoms with Gasteiger partial charge in [-0.25, -0.2) is 0 Å². The maximum atomic E-state index is 12.0. The van der Waals surface area contributed by atoms with Gasteiger partial charge in [-0.3, -0.25) is 4.79 Å². The van der Waals surface area contributed by atoms with Crippen LogP contribution >= 0.6 is 28.7 Å². The zero-order valence-corrected chi connectivity index (χ0v) is 13.1. The molecule has 0 aliphatic carbocycles. The molecular formula is C14H13BrN2O2S. The highest BCUT2D eigenvalue weighted by Gasteiger charge is 2.17. The molecule has 4 nitrogen and oxygen atoms in total. The van der Waals surface area contributed by atoms with Gasteiger partial charge in [-0.2, -0.15) is 0 Å². The summed E-state index contributed by atoms with van der Waals surface area (Å²) in [6.45, 7) is 0.326. The zero-order valence-electron chi connectivity index (χ0n) is 10.6. The first-order valence-corrected chi connectivity index (χ1v) is 6.95. The first-order valence-electron chi connectivity index (χ1n) is 5.90. The van der Waals surface area contributed by atoms with Crippen LogP contribution in [-0.4, -0.2) is 28.3 Å². The van der Waals surface area contributed by atoms with Gasteiger partial charge in [-0.05, 0) is 5.41 Å². The maximum Gasteiger partial charge on any atom is 0.220 e. The van der Waals surface area contributed by atoms with Gasteiger partial charge >= 0.3 is 0 Å². The van der Waals surface area contributed by atoms with Crippen molar-refractivity contribution >= 4 is 34.5 Å². The fourth-order valence-electron chi connectivity index (χ4n) is 1.82. The monoisotopic (exact) mass is 352 g/mol. The highest BCUT2D eigenvalue weighted by molar-refractivity contribution is 8.93. The number of carbonyl (C=O) groups excluding carboxylic acids is 1. The lowest BCUT2D eigenvalue weighted by Crippen LogP contribution is -2.22. The summed E-state index contributed by atoms with van der Waals surface area (Å²) in [5.74, 6) is 1.07. The number of thioether (sulfide) groups is 1. The number of Topliss-reactive ketones (excluding diaryl/α,β-unsaturated/α-hetero) is 1. The molecule has 0 atom stereocenters. The second-order valence-electron chi connectivity index (χ2n) is 4.19. The summed E-state index contributed by atoms with van der Waals surface area (Å²) < 4.78 is 5.13. The van der Waals surface area contributed by atoms with Crippen LogP contribution in [0.4, 0.5) is 0 Å². The van der Waals surface area contributed by atoms with E-state index in [-0.39, 0.29) is 22.8 Å². The summed E-state index contributed by atoms with van der Waals surface area (Å²) >= 11 is 1.67. The quantitative estimate of drug-likeness (QED) is 0.787. The van der Waals surface area contributed by atoms with Crippen molar-refractivity contribution in [2.24, 2.45) is 0 Å². The van der Waals surface area contributed by atoms with Crippen LogP contribution in [0.5, 0.6) is 0 Å². The first kappa shape index (κ1) is 14.9. The normalized spacial score (nSPS) is 13.3. The average Bonchev–Trinajstić information content (AvgIpc) is 3.10. The van der Waals surface area contributed by atoms with Crippen molar-refractivity contribution in [2.45, 2.75) is 0 Å². The van der Waals surface area contributed by atoms with Crippen LogP contribution in [0.3, 0.4) is 0 Å². The SMILES string of the molecule is Br.O=C(CN1C=CSC1)c1cc(-c2ccccc2)no1. The third kappa shape index (κ3) is 3.32. The standard InChI is InChI=1S/C14H12N2O2S.BrH/c17-13(9-16-6-7-19-10-16)14-8-12(15-18-14)11-4-2-1-3-5-11;/h1-8H,9-10H2;1H. The Bertz CT molecular complexity index is 613. The molecule has 0 bridgehead atoms. The Morgan fingerprint density at radius 3 is 2.85 bits per heavy atom. The Hall–Kier alpha value is -1.53. The van der Waals surface area contributed by atoms with Gasteiger partial charge in [-0.15, -0.1) is 28.7 Å². The summed E-state index contributed by atoms with van der Waals surface area (Å²) in [6.07, 6.45) is 1.91. The van der Waals surface area contributed by atoms with Gasteiger partial charge in [0, 0.05) is 17.8 Å². The lowest BCUT2D eigenvalue weighted by atomic mass is 10.1. The fourth-order valence-corrected chi connectivity index (χ4v) is 2.54. The van der Waals surface area contributed by atoms with Crippen LogP contribution in [0.1, 0.15) is 10.6 Å². The molecule has 20 heavy (non-hydrogen) atoms. The Labute approximate surface area is 131 Å². The van der Waals surface area contributed by atoms with Gasteiger partial charge in [-0.1, -0.05) is 35.5 Å². The molecular weight excluding hydrogens is 340 g/mol. The second-order valence-corrected chi connectivity index (χ2v) is 5.06. The Balaban J connectivity index is 0.00000147. The van der Waals surface area contributed by atoms with E-state index in [1.54, 1.807) is 17.8 Å². The summed E-state index contributed by atoms with van der Waals surface area (Å²) in [5, 5.41) is 5.92.